The van der Waals surface area contributed by atoms with Crippen molar-refractivity contribution >= 4 is 28.2 Å². The lowest BCUT2D eigenvalue weighted by atomic mass is 10.0. The van der Waals surface area contributed by atoms with Crippen molar-refractivity contribution in [2.24, 2.45) is 5.84 Å². The number of nitrogens with two attached hydrogens (primary N) is 1. The molecule has 1 heterocycles. The van der Waals surface area contributed by atoms with Crippen LogP contribution in [-0.4, -0.2) is 4.98 Å². The maximum absolute atomic E-state index is 11.8. The van der Waals surface area contributed by atoms with Crippen molar-refractivity contribution < 1.29 is 0 Å². The Morgan fingerprint density at radius 1 is 1.10 bits per heavy atom. The summed E-state index contributed by atoms with van der Waals surface area (Å²) < 4.78 is 0. The van der Waals surface area contributed by atoms with E-state index in [9.17, 15) is 4.79 Å². The lowest BCUT2D eigenvalue weighted by Crippen LogP contribution is -2.09. The number of anilines is 1. The molecule has 0 saturated carbocycles. The monoisotopic (exact) mass is 285 g/mol. The smallest absolute Gasteiger partial charge is 0.249 e. The van der Waals surface area contributed by atoms with Crippen LogP contribution in [0.15, 0.2) is 53.3 Å². The third kappa shape index (κ3) is 2.15. The molecule has 2 aromatic carbocycles. The molecule has 0 radical (unpaired) electrons. The van der Waals surface area contributed by atoms with Crippen molar-refractivity contribution in [1.82, 2.24) is 4.98 Å². The van der Waals surface area contributed by atoms with Gasteiger partial charge in [0, 0.05) is 11.5 Å². The second kappa shape index (κ2) is 5.00. The first-order valence-electron chi connectivity index (χ1n) is 6.07. The van der Waals surface area contributed by atoms with Crippen molar-refractivity contribution in [3.63, 3.8) is 0 Å². The molecule has 0 fully saturated rings. The Bertz CT molecular complexity index is 828. The predicted molar refractivity (Wildman–Crippen MR) is 82.8 cm³/mol. The van der Waals surface area contributed by atoms with Gasteiger partial charge in [0.05, 0.1) is 16.2 Å². The number of nitrogens with one attached hydrogen (secondary N) is 2. The van der Waals surface area contributed by atoms with E-state index in [2.05, 4.69) is 10.4 Å². The molecule has 0 bridgehead atoms. The van der Waals surface area contributed by atoms with Crippen molar-refractivity contribution in [2.45, 2.75) is 0 Å². The minimum absolute atomic E-state index is 0.165. The summed E-state index contributed by atoms with van der Waals surface area (Å²) >= 11 is 6.17. The Labute approximate surface area is 120 Å². The number of hydrogen-bond donors (Lipinski definition) is 3. The molecular weight excluding hydrogens is 274 g/mol. The van der Waals surface area contributed by atoms with Crippen molar-refractivity contribution in [2.75, 3.05) is 5.43 Å². The fourth-order valence-corrected chi connectivity index (χ4v) is 2.46. The molecule has 0 amide bonds. The number of pyridine rings is 1. The van der Waals surface area contributed by atoms with Gasteiger partial charge in [-0.1, -0.05) is 41.9 Å². The highest BCUT2D eigenvalue weighted by Crippen LogP contribution is 2.32. The summed E-state index contributed by atoms with van der Waals surface area (Å²) in [6.45, 7) is 0. The van der Waals surface area contributed by atoms with E-state index in [4.69, 9.17) is 17.4 Å². The van der Waals surface area contributed by atoms with Crippen molar-refractivity contribution in [3.8, 4) is 11.1 Å². The molecule has 20 heavy (non-hydrogen) atoms. The molecule has 3 aromatic rings. The van der Waals surface area contributed by atoms with E-state index in [1.54, 1.807) is 18.2 Å². The summed E-state index contributed by atoms with van der Waals surface area (Å²) in [5.74, 6) is 5.40. The van der Waals surface area contributed by atoms with Crippen LogP contribution in [0.1, 0.15) is 0 Å². The fourth-order valence-electron chi connectivity index (χ4n) is 2.24. The summed E-state index contributed by atoms with van der Waals surface area (Å²) in [5, 5.41) is 1.38. The summed E-state index contributed by atoms with van der Waals surface area (Å²) in [4.78, 5) is 14.6. The van der Waals surface area contributed by atoms with E-state index in [1.807, 2.05) is 30.3 Å². The lowest BCUT2D eigenvalue weighted by molar-refractivity contribution is 1.30. The van der Waals surface area contributed by atoms with Gasteiger partial charge in [0.1, 0.15) is 0 Å². The molecule has 0 aliphatic rings. The van der Waals surface area contributed by atoms with E-state index in [0.29, 0.717) is 16.2 Å². The van der Waals surface area contributed by atoms with Crippen LogP contribution in [0.4, 0.5) is 5.69 Å². The number of aromatic amines is 1. The quantitative estimate of drug-likeness (QED) is 0.500. The molecular formula is C15H12ClN3O. The van der Waals surface area contributed by atoms with Crippen LogP contribution in [0, 0.1) is 0 Å². The number of H-pyrrole nitrogens is 1. The number of halogens is 1. The average Bonchev–Trinajstić information content (AvgIpc) is 2.47. The molecule has 0 spiro atoms. The number of nitrogen functional groups attached to an aromatic ring is 1. The van der Waals surface area contributed by atoms with Crippen LogP contribution in [-0.2, 0) is 0 Å². The maximum Gasteiger partial charge on any atom is 0.249 e. The molecule has 100 valence electrons. The van der Waals surface area contributed by atoms with Crippen molar-refractivity contribution in [1.29, 1.82) is 0 Å². The molecule has 0 aliphatic carbocycles. The van der Waals surface area contributed by atoms with Gasteiger partial charge in [-0.15, -0.1) is 0 Å². The highest BCUT2D eigenvalue weighted by Gasteiger charge is 2.09. The number of fused-ring (bicyclic) bond motifs is 1. The number of hydrazine groups is 1. The Morgan fingerprint density at radius 2 is 1.85 bits per heavy atom. The van der Waals surface area contributed by atoms with Gasteiger partial charge in [-0.2, -0.15) is 0 Å². The Morgan fingerprint density at radius 3 is 2.55 bits per heavy atom. The van der Waals surface area contributed by atoms with Gasteiger partial charge in [0.25, 0.3) is 0 Å². The number of rotatable bonds is 2. The SMILES string of the molecule is NNc1cc2[nH]c(=O)cc(-c3ccccc3)c2cc1Cl. The van der Waals surface area contributed by atoms with Crippen LogP contribution < -0.4 is 16.8 Å². The third-order valence-electron chi connectivity index (χ3n) is 3.17. The van der Waals surface area contributed by atoms with Crippen LogP contribution >= 0.6 is 11.6 Å². The first-order chi connectivity index (χ1) is 9.69. The molecule has 0 atom stereocenters. The molecule has 1 aromatic heterocycles. The van der Waals surface area contributed by atoms with E-state index >= 15 is 0 Å². The summed E-state index contributed by atoms with van der Waals surface area (Å²) in [6.07, 6.45) is 0. The molecule has 3 rings (SSSR count). The first kappa shape index (κ1) is 12.7. The lowest BCUT2D eigenvalue weighted by Gasteiger charge is -2.10. The minimum atomic E-state index is -0.165. The zero-order valence-electron chi connectivity index (χ0n) is 10.5. The van der Waals surface area contributed by atoms with Crippen LogP contribution in [0.3, 0.4) is 0 Å². The van der Waals surface area contributed by atoms with Gasteiger partial charge < -0.3 is 10.4 Å². The Balaban J connectivity index is 2.38. The molecule has 0 aliphatic heterocycles. The van der Waals surface area contributed by atoms with Gasteiger partial charge in [-0.3, -0.25) is 10.6 Å². The second-order valence-electron chi connectivity index (χ2n) is 4.44. The Kier molecular flexibility index (Phi) is 3.18. The summed E-state index contributed by atoms with van der Waals surface area (Å²) in [7, 11) is 0. The largest absolute Gasteiger partial charge is 0.323 e. The van der Waals surface area contributed by atoms with Gasteiger partial charge in [-0.25, -0.2) is 0 Å². The zero-order valence-corrected chi connectivity index (χ0v) is 11.2. The van der Waals surface area contributed by atoms with E-state index in [1.165, 1.54) is 0 Å². The fraction of sp³-hybridized carbons (Fsp3) is 0. The van der Waals surface area contributed by atoms with Gasteiger partial charge in [0.15, 0.2) is 0 Å². The average molecular weight is 286 g/mol. The number of benzene rings is 2. The summed E-state index contributed by atoms with van der Waals surface area (Å²) in [6, 6.07) is 14.8. The molecule has 4 nitrogen and oxygen atoms in total. The van der Waals surface area contributed by atoms with Crippen LogP contribution in [0.2, 0.25) is 5.02 Å². The standard InChI is InChI=1S/C15H12ClN3O/c16-12-6-11-10(9-4-2-1-3-5-9)7-15(20)18-13(11)8-14(12)19-17/h1-8,19H,17H2,(H,18,20). The third-order valence-corrected chi connectivity index (χ3v) is 3.48. The highest BCUT2D eigenvalue weighted by molar-refractivity contribution is 6.34. The van der Waals surface area contributed by atoms with Crippen LogP contribution in [0.5, 0.6) is 0 Å². The van der Waals surface area contributed by atoms with Crippen molar-refractivity contribution in [3.05, 3.63) is 63.9 Å². The first-order valence-corrected chi connectivity index (χ1v) is 6.45. The predicted octanol–water partition coefficient (Wildman–Crippen LogP) is 3.13. The van der Waals surface area contributed by atoms with E-state index < -0.39 is 0 Å². The van der Waals surface area contributed by atoms with Gasteiger partial charge in [-0.05, 0) is 23.3 Å². The second-order valence-corrected chi connectivity index (χ2v) is 4.84. The molecule has 5 heteroatoms. The van der Waals surface area contributed by atoms with Gasteiger partial charge in [0.2, 0.25) is 5.56 Å². The Hall–Kier alpha value is -2.30. The number of aromatic nitrogens is 1. The highest BCUT2D eigenvalue weighted by atomic mass is 35.5. The van der Waals surface area contributed by atoms with E-state index in [-0.39, 0.29) is 5.56 Å². The molecule has 4 N–H and O–H groups in total. The minimum Gasteiger partial charge on any atom is -0.323 e. The maximum atomic E-state index is 11.8. The van der Waals surface area contributed by atoms with E-state index in [0.717, 1.165) is 16.5 Å². The van der Waals surface area contributed by atoms with Gasteiger partial charge >= 0.3 is 0 Å². The number of hydrogen-bond acceptors (Lipinski definition) is 3. The molecule has 0 unspecified atom stereocenters. The van der Waals surface area contributed by atoms with Crippen LogP contribution in [0.25, 0.3) is 22.0 Å². The normalized spacial score (nSPS) is 10.7. The molecule has 0 saturated heterocycles. The topological polar surface area (TPSA) is 70.9 Å². The zero-order chi connectivity index (χ0) is 14.1. The summed E-state index contributed by atoms with van der Waals surface area (Å²) in [5.41, 5.74) is 5.41.